The molecule has 1 saturated heterocycles. The molecule has 1 unspecified atom stereocenters. The fraction of sp³-hybridized carbons (Fsp3) is 0.483. The number of benzene rings is 2. The molecule has 2 aromatic carbocycles. The van der Waals surface area contributed by atoms with Crippen LogP contribution in [0.25, 0.3) is 0 Å². The average molecular weight is 496 g/mol. The maximum atomic E-state index is 13.8. The fourth-order valence-corrected chi connectivity index (χ4v) is 5.26. The largest absolute Gasteiger partial charge is 0.465 e. The summed E-state index contributed by atoms with van der Waals surface area (Å²) in [5, 5.41) is 3.03. The van der Waals surface area contributed by atoms with Crippen LogP contribution in [-0.2, 0) is 25.7 Å². The van der Waals surface area contributed by atoms with Crippen LogP contribution in [0, 0.1) is 6.92 Å². The van der Waals surface area contributed by atoms with Crippen molar-refractivity contribution in [2.45, 2.75) is 65.0 Å². The van der Waals surface area contributed by atoms with Gasteiger partial charge in [0.15, 0.2) is 12.6 Å². The van der Waals surface area contributed by atoms with Crippen molar-refractivity contribution in [3.8, 4) is 0 Å². The molecular weight excluding hydrogens is 456 g/mol. The zero-order chi connectivity index (χ0) is 26.0. The number of aryl methyl sites for hydroxylation is 1. The highest BCUT2D eigenvalue weighted by Gasteiger charge is 2.43. The number of likely N-dealkylation sites (tertiary alicyclic amines) is 1. The third-order valence-corrected chi connectivity index (χ3v) is 7.17. The van der Waals surface area contributed by atoms with Gasteiger partial charge in [-0.05, 0) is 49.8 Å². The minimum absolute atomic E-state index is 0.149. The summed E-state index contributed by atoms with van der Waals surface area (Å²) in [6, 6.07) is 14.4. The van der Waals surface area contributed by atoms with Gasteiger partial charge in [0.1, 0.15) is 6.61 Å². The van der Waals surface area contributed by atoms with E-state index < -0.39 is 12.0 Å². The Morgan fingerprint density at radius 3 is 2.25 bits per heavy atom. The molecule has 1 N–H and O–H groups in total. The first-order valence-corrected chi connectivity index (χ1v) is 12.9. The van der Waals surface area contributed by atoms with Gasteiger partial charge in [-0.15, -0.1) is 0 Å². The number of rotatable bonds is 9. The second kappa shape index (κ2) is 13.2. The smallest absolute Gasteiger partial charge is 0.362 e. The monoisotopic (exact) mass is 495 g/mol. The lowest BCUT2D eigenvalue weighted by Gasteiger charge is -2.44. The van der Waals surface area contributed by atoms with Gasteiger partial charge in [0.25, 0.3) is 5.91 Å². The SMILES string of the molecule is CCC(C(=O)Nc1c(C)cccc1C(=O)OC)[N+]1(CC(=O)OCc2ccccc2)CCCCCCC1. The minimum Gasteiger partial charge on any atom is -0.465 e. The number of carbonyl (C=O) groups is 3. The van der Waals surface area contributed by atoms with E-state index in [1.165, 1.54) is 13.5 Å². The van der Waals surface area contributed by atoms with Crippen molar-refractivity contribution in [3.05, 3.63) is 65.2 Å². The quantitative estimate of drug-likeness (QED) is 0.390. The van der Waals surface area contributed by atoms with Crippen LogP contribution in [-0.4, -0.2) is 55.1 Å². The molecule has 7 heteroatoms. The summed E-state index contributed by atoms with van der Waals surface area (Å²) >= 11 is 0. The summed E-state index contributed by atoms with van der Waals surface area (Å²) in [5.74, 6) is -0.980. The lowest BCUT2D eigenvalue weighted by Crippen LogP contribution is -2.63. The summed E-state index contributed by atoms with van der Waals surface area (Å²) in [6.45, 7) is 5.68. The fourth-order valence-electron chi connectivity index (χ4n) is 5.26. The van der Waals surface area contributed by atoms with Gasteiger partial charge >= 0.3 is 11.9 Å². The zero-order valence-corrected chi connectivity index (χ0v) is 21.8. The van der Waals surface area contributed by atoms with Gasteiger partial charge in [-0.2, -0.15) is 0 Å². The number of nitrogens with zero attached hydrogens (tertiary/aromatic N) is 1. The van der Waals surface area contributed by atoms with E-state index in [1.807, 2.05) is 50.2 Å². The summed E-state index contributed by atoms with van der Waals surface area (Å²) < 4.78 is 11.0. The van der Waals surface area contributed by atoms with E-state index in [-0.39, 0.29) is 25.0 Å². The second-order valence-electron chi connectivity index (χ2n) is 9.64. The molecule has 194 valence electrons. The van der Waals surface area contributed by atoms with Crippen molar-refractivity contribution in [3.63, 3.8) is 0 Å². The molecule has 1 heterocycles. The number of esters is 2. The topological polar surface area (TPSA) is 81.7 Å². The Morgan fingerprint density at radius 2 is 1.61 bits per heavy atom. The molecule has 1 fully saturated rings. The Kier molecular flexibility index (Phi) is 10.1. The van der Waals surface area contributed by atoms with Crippen molar-refractivity contribution >= 4 is 23.5 Å². The molecule has 0 aromatic heterocycles. The molecule has 1 aliphatic heterocycles. The third-order valence-electron chi connectivity index (χ3n) is 7.17. The van der Waals surface area contributed by atoms with E-state index in [9.17, 15) is 14.4 Å². The Bertz CT molecular complexity index is 1030. The average Bonchev–Trinajstić information content (AvgIpc) is 2.86. The van der Waals surface area contributed by atoms with Crippen molar-refractivity contribution in [2.75, 3.05) is 32.1 Å². The molecule has 1 aliphatic rings. The molecule has 0 bridgehead atoms. The number of amides is 1. The number of methoxy groups -OCH3 is 1. The molecule has 0 spiro atoms. The van der Waals surface area contributed by atoms with E-state index in [4.69, 9.17) is 9.47 Å². The Morgan fingerprint density at radius 1 is 0.944 bits per heavy atom. The number of hydrogen-bond donors (Lipinski definition) is 1. The van der Waals surface area contributed by atoms with Crippen LogP contribution in [0.15, 0.2) is 48.5 Å². The first-order valence-electron chi connectivity index (χ1n) is 12.9. The molecule has 0 radical (unpaired) electrons. The number of carbonyl (C=O) groups excluding carboxylic acids is 3. The molecule has 1 amide bonds. The van der Waals surface area contributed by atoms with Gasteiger partial charge < -0.3 is 19.3 Å². The normalized spacial score (nSPS) is 16.2. The predicted molar refractivity (Wildman–Crippen MR) is 139 cm³/mol. The van der Waals surface area contributed by atoms with Crippen molar-refractivity contribution in [1.29, 1.82) is 0 Å². The third kappa shape index (κ3) is 6.94. The second-order valence-corrected chi connectivity index (χ2v) is 9.64. The van der Waals surface area contributed by atoms with E-state index in [2.05, 4.69) is 5.32 Å². The van der Waals surface area contributed by atoms with Crippen LogP contribution in [0.4, 0.5) is 5.69 Å². The van der Waals surface area contributed by atoms with Crippen LogP contribution in [0.2, 0.25) is 0 Å². The molecule has 0 aliphatic carbocycles. The molecule has 2 aromatic rings. The predicted octanol–water partition coefficient (Wildman–Crippen LogP) is 5.02. The first-order chi connectivity index (χ1) is 17.4. The van der Waals surface area contributed by atoms with Gasteiger partial charge in [-0.3, -0.25) is 4.79 Å². The Balaban J connectivity index is 1.85. The number of para-hydroxylation sites is 1. The van der Waals surface area contributed by atoms with Crippen molar-refractivity contribution < 1.29 is 28.3 Å². The standard InChI is InChI=1S/C29H38N2O5/c1-4-25(28(33)30-27-22(2)14-13-17-24(27)29(34)35-3)31(18-11-6-5-7-12-19-31)20-26(32)36-21-23-15-9-8-10-16-23/h8-10,13-17,25H,4-7,11-12,18-21H2,1-3H3/p+1. The van der Waals surface area contributed by atoms with E-state index in [0.717, 1.165) is 49.9 Å². The molecule has 7 nitrogen and oxygen atoms in total. The molecule has 36 heavy (non-hydrogen) atoms. The van der Waals surface area contributed by atoms with Gasteiger partial charge in [0.05, 0.1) is 31.5 Å². The maximum Gasteiger partial charge on any atom is 0.362 e. The highest BCUT2D eigenvalue weighted by molar-refractivity contribution is 6.03. The summed E-state index contributed by atoms with van der Waals surface area (Å²) in [6.07, 6.45) is 5.81. The number of anilines is 1. The maximum absolute atomic E-state index is 13.8. The molecule has 0 saturated carbocycles. The van der Waals surface area contributed by atoms with Crippen LogP contribution in [0.5, 0.6) is 0 Å². The van der Waals surface area contributed by atoms with Gasteiger partial charge in [-0.1, -0.05) is 55.8 Å². The van der Waals surface area contributed by atoms with E-state index in [0.29, 0.717) is 22.2 Å². The van der Waals surface area contributed by atoms with Crippen LogP contribution < -0.4 is 5.32 Å². The Labute approximate surface area is 214 Å². The van der Waals surface area contributed by atoms with E-state index >= 15 is 0 Å². The van der Waals surface area contributed by atoms with Crippen LogP contribution in [0.1, 0.15) is 66.9 Å². The van der Waals surface area contributed by atoms with Crippen molar-refractivity contribution in [2.24, 2.45) is 0 Å². The summed E-state index contributed by atoms with van der Waals surface area (Å²) in [5.41, 5.74) is 2.50. The number of nitrogens with one attached hydrogen (secondary N) is 1. The lowest BCUT2D eigenvalue weighted by molar-refractivity contribution is -0.937. The Hall–Kier alpha value is -3.19. The summed E-state index contributed by atoms with van der Waals surface area (Å²) in [4.78, 5) is 39.2. The van der Waals surface area contributed by atoms with Crippen LogP contribution >= 0.6 is 0 Å². The highest BCUT2D eigenvalue weighted by Crippen LogP contribution is 2.27. The highest BCUT2D eigenvalue weighted by atomic mass is 16.5. The minimum atomic E-state index is -0.498. The summed E-state index contributed by atoms with van der Waals surface area (Å²) in [7, 11) is 1.33. The van der Waals surface area contributed by atoms with Gasteiger partial charge in [-0.25, -0.2) is 9.59 Å². The molecule has 3 rings (SSSR count). The van der Waals surface area contributed by atoms with Gasteiger partial charge in [0, 0.05) is 6.42 Å². The van der Waals surface area contributed by atoms with Crippen LogP contribution in [0.3, 0.4) is 0 Å². The number of hydrogen-bond acceptors (Lipinski definition) is 5. The van der Waals surface area contributed by atoms with Gasteiger partial charge in [0.2, 0.25) is 0 Å². The molecular formula is C29H39N2O5+. The van der Waals surface area contributed by atoms with Crippen molar-refractivity contribution in [1.82, 2.24) is 0 Å². The number of ether oxygens (including phenoxy) is 2. The molecule has 1 atom stereocenters. The van der Waals surface area contributed by atoms with E-state index in [1.54, 1.807) is 12.1 Å². The first kappa shape index (κ1) is 27.4. The lowest BCUT2D eigenvalue weighted by atomic mass is 10.00. The zero-order valence-electron chi connectivity index (χ0n) is 21.8. The number of quaternary nitrogens is 1.